The highest BCUT2D eigenvalue weighted by Crippen LogP contribution is 2.52. The number of hydrogen-bond donors (Lipinski definition) is 2. The molecule has 4 aromatic carbocycles. The van der Waals surface area contributed by atoms with Gasteiger partial charge in [0.2, 0.25) is 5.75 Å². The molecule has 4 aromatic rings. The van der Waals surface area contributed by atoms with E-state index in [1.165, 1.54) is 44.9 Å². The molecule has 4 heterocycles. The molecule has 2 N–H and O–H groups in total. The van der Waals surface area contributed by atoms with Crippen molar-refractivity contribution in [1.29, 1.82) is 0 Å². The van der Waals surface area contributed by atoms with Crippen molar-refractivity contribution in [2.45, 2.75) is 121 Å². The van der Waals surface area contributed by atoms with Crippen LogP contribution in [-0.2, 0) is 30.5 Å². The Balaban J connectivity index is 1.31. The van der Waals surface area contributed by atoms with Gasteiger partial charge in [0.05, 0.1) is 34.9 Å². The number of benzene rings is 4. The molecule has 4 aliphatic heterocycles. The second-order valence-electron chi connectivity index (χ2n) is 17.7. The van der Waals surface area contributed by atoms with Crippen molar-refractivity contribution in [1.82, 2.24) is 4.90 Å². The van der Waals surface area contributed by atoms with Crippen LogP contribution in [-0.4, -0.2) is 80.1 Å². The fourth-order valence-corrected chi connectivity index (χ4v) is 10.2. The van der Waals surface area contributed by atoms with Gasteiger partial charge >= 0.3 is 5.97 Å². The molecule has 6 bridgehead atoms. The summed E-state index contributed by atoms with van der Waals surface area (Å²) in [5.41, 5.74) is 6.19. The number of fused-ring (bicyclic) bond motifs is 2. The topological polar surface area (TPSA) is 107 Å². The minimum atomic E-state index is -0.755. The smallest absolute Gasteiger partial charge is 0.362 e. The highest BCUT2D eigenvalue weighted by atomic mass is 16.5. The number of ether oxygens (including phenoxy) is 5. The molecule has 8 rings (SSSR count). The number of hydrogen-bond acceptors (Lipinski definition) is 8. The van der Waals surface area contributed by atoms with Crippen molar-refractivity contribution in [3.8, 4) is 46.0 Å². The molecule has 0 spiro atoms. The van der Waals surface area contributed by atoms with E-state index in [2.05, 4.69) is 56.3 Å². The minimum Gasteiger partial charge on any atom is -0.502 e. The van der Waals surface area contributed by atoms with Crippen molar-refractivity contribution in [2.75, 3.05) is 48.5 Å². The van der Waals surface area contributed by atoms with Gasteiger partial charge in [0, 0.05) is 43.0 Å². The van der Waals surface area contributed by atoms with Crippen LogP contribution >= 0.6 is 0 Å². The third-order valence-corrected chi connectivity index (χ3v) is 13.8. The van der Waals surface area contributed by atoms with E-state index < -0.39 is 12.0 Å². The standard InChI is InChI=1S/C51H66N2O8/c1-7-8-9-10-11-12-13-14-15-16-17-41(51(55)56)53(3)27-25-36-31-44(58-5)46-33-39(36)42(53)29-34-18-21-38(22-19-34)60-45-30-35(20-23-43(45)57-4)28-40-48-37(24-26-52(40)2)32-47(59-6)49(54)50(48)61-46/h18-23,30-33,40-42H,7-17,24-29H2,1-6H3,(H-,54,55,56)/p+1. The second-order valence-corrected chi connectivity index (χ2v) is 17.7. The number of carbonyl (C=O) groups is 1. The van der Waals surface area contributed by atoms with Gasteiger partial charge in [-0.2, -0.15) is 0 Å². The van der Waals surface area contributed by atoms with Crippen LogP contribution in [0.15, 0.2) is 60.7 Å². The van der Waals surface area contributed by atoms with E-state index in [0.29, 0.717) is 77.0 Å². The minimum absolute atomic E-state index is 0.0753. The Morgan fingerprint density at radius 1 is 0.770 bits per heavy atom. The largest absolute Gasteiger partial charge is 0.502 e. The van der Waals surface area contributed by atoms with Crippen molar-refractivity contribution >= 4 is 5.97 Å². The Morgan fingerprint density at radius 2 is 1.41 bits per heavy atom. The molecule has 0 radical (unpaired) electrons. The maximum Gasteiger partial charge on any atom is 0.362 e. The van der Waals surface area contributed by atoms with Crippen LogP contribution in [0.5, 0.6) is 46.0 Å². The fourth-order valence-electron chi connectivity index (χ4n) is 10.2. The number of phenolic OH excluding ortho intramolecular Hbond substituents is 1. The molecule has 0 saturated carbocycles. The average Bonchev–Trinajstić information content (AvgIpc) is 3.25. The quantitative estimate of drug-likeness (QED) is 0.0843. The van der Waals surface area contributed by atoms with Gasteiger partial charge < -0.3 is 38.4 Å². The van der Waals surface area contributed by atoms with E-state index in [1.54, 1.807) is 21.3 Å². The zero-order valence-electron chi connectivity index (χ0n) is 37.3. The number of aromatic hydroxyl groups is 1. The van der Waals surface area contributed by atoms with E-state index >= 15 is 0 Å². The maximum absolute atomic E-state index is 13.4. The molecule has 4 atom stereocenters. The third-order valence-electron chi connectivity index (χ3n) is 13.8. The van der Waals surface area contributed by atoms with Gasteiger partial charge in [0.25, 0.3) is 0 Å². The lowest BCUT2D eigenvalue weighted by atomic mass is 9.84. The molecule has 0 amide bonds. The van der Waals surface area contributed by atoms with Gasteiger partial charge in [0.1, 0.15) is 11.8 Å². The number of nitrogens with zero attached hydrogens (tertiary/aromatic N) is 2. The Labute approximate surface area is 362 Å². The summed E-state index contributed by atoms with van der Waals surface area (Å²) in [6.07, 6.45) is 15.3. The molecule has 61 heavy (non-hydrogen) atoms. The van der Waals surface area contributed by atoms with Crippen molar-refractivity contribution < 1.29 is 43.2 Å². The Bertz CT molecular complexity index is 2140. The third kappa shape index (κ3) is 9.61. The van der Waals surface area contributed by atoms with Gasteiger partial charge in [-0.25, -0.2) is 4.79 Å². The summed E-state index contributed by atoms with van der Waals surface area (Å²) in [6, 6.07) is 19.3. The lowest BCUT2D eigenvalue weighted by Crippen LogP contribution is -2.60. The molecule has 0 aliphatic carbocycles. The molecular formula is C51H67N2O8+. The SMILES string of the molecule is CCCCCCCCCCCCC(C(=O)O)[N+]1(C)CCc2cc(OC)c3cc2C1Cc1ccc(cc1)Oc1cc(ccc1OC)CC1c2c(cc(OC)c(O)c2O3)CCN1C. The number of aliphatic carboxylic acids is 1. The summed E-state index contributed by atoms with van der Waals surface area (Å²) in [5.74, 6) is 2.79. The van der Waals surface area contributed by atoms with Gasteiger partial charge in [-0.05, 0) is 91.0 Å². The molecule has 328 valence electrons. The first-order chi connectivity index (χ1) is 29.6. The Hall–Kier alpha value is -4.93. The van der Waals surface area contributed by atoms with Gasteiger partial charge in [-0.3, -0.25) is 4.90 Å². The number of rotatable bonds is 16. The predicted molar refractivity (Wildman–Crippen MR) is 239 cm³/mol. The first-order valence-corrected chi connectivity index (χ1v) is 22.6. The number of phenols is 1. The van der Waals surface area contributed by atoms with Crippen LogP contribution < -0.4 is 23.7 Å². The van der Waals surface area contributed by atoms with Gasteiger partial charge in [-0.15, -0.1) is 0 Å². The van der Waals surface area contributed by atoms with E-state index in [9.17, 15) is 15.0 Å². The van der Waals surface area contributed by atoms with Crippen LogP contribution in [0, 0.1) is 0 Å². The monoisotopic (exact) mass is 835 g/mol. The summed E-state index contributed by atoms with van der Waals surface area (Å²) in [6.45, 7) is 3.73. The zero-order valence-corrected chi connectivity index (χ0v) is 37.3. The van der Waals surface area contributed by atoms with Crippen LogP contribution in [0.4, 0.5) is 0 Å². The van der Waals surface area contributed by atoms with Crippen molar-refractivity contribution in [3.63, 3.8) is 0 Å². The first kappa shape index (κ1) is 44.1. The normalized spacial score (nSPS) is 20.0. The molecule has 10 nitrogen and oxygen atoms in total. The predicted octanol–water partition coefficient (Wildman–Crippen LogP) is 11.1. The summed E-state index contributed by atoms with van der Waals surface area (Å²) < 4.78 is 31.4. The first-order valence-electron chi connectivity index (χ1n) is 22.6. The van der Waals surface area contributed by atoms with Crippen molar-refractivity contribution in [2.24, 2.45) is 0 Å². The maximum atomic E-state index is 13.4. The summed E-state index contributed by atoms with van der Waals surface area (Å²) >= 11 is 0. The number of unbranched alkanes of at least 4 members (excludes halogenated alkanes) is 9. The van der Waals surface area contributed by atoms with Gasteiger partial charge in [0.15, 0.2) is 40.5 Å². The number of methoxy groups -OCH3 is 3. The van der Waals surface area contributed by atoms with Crippen LogP contribution in [0.2, 0.25) is 0 Å². The van der Waals surface area contributed by atoms with E-state index in [1.807, 2.05) is 30.3 Å². The van der Waals surface area contributed by atoms with Crippen molar-refractivity contribution in [3.05, 3.63) is 94.0 Å². The molecule has 0 fully saturated rings. The van der Waals surface area contributed by atoms with Crippen LogP contribution in [0.3, 0.4) is 0 Å². The molecule has 0 saturated heterocycles. The van der Waals surface area contributed by atoms with Crippen LogP contribution in [0.1, 0.15) is 123 Å². The van der Waals surface area contributed by atoms with E-state index in [0.717, 1.165) is 65.6 Å². The summed E-state index contributed by atoms with van der Waals surface area (Å²) in [4.78, 5) is 15.7. The molecule has 0 aromatic heterocycles. The highest BCUT2D eigenvalue weighted by molar-refractivity contribution is 5.72. The number of likely N-dealkylation sites (N-methyl/N-ethyl adjacent to an activating group) is 2. The highest BCUT2D eigenvalue weighted by Gasteiger charge is 2.48. The zero-order chi connectivity index (χ0) is 43.1. The summed E-state index contributed by atoms with van der Waals surface area (Å²) in [5, 5.41) is 23.0. The number of carboxylic acids is 1. The van der Waals surface area contributed by atoms with E-state index in [4.69, 9.17) is 23.7 Å². The van der Waals surface area contributed by atoms with Gasteiger partial charge in [-0.1, -0.05) is 82.9 Å². The lowest BCUT2D eigenvalue weighted by molar-refractivity contribution is -0.956. The number of quaternary nitrogens is 1. The fraction of sp³-hybridized carbons (Fsp3) is 0.510. The number of carboxylic acid groups (broad SMARTS) is 1. The molecule has 10 heteroatoms. The Kier molecular flexibility index (Phi) is 14.4. The molecular weight excluding hydrogens is 769 g/mol. The second kappa shape index (κ2) is 19.8. The molecule has 4 aliphatic rings. The van der Waals surface area contributed by atoms with E-state index in [-0.39, 0.29) is 17.8 Å². The Morgan fingerprint density at radius 3 is 2.08 bits per heavy atom. The average molecular weight is 836 g/mol. The lowest BCUT2D eigenvalue weighted by Gasteiger charge is -2.49. The van der Waals surface area contributed by atoms with Crippen LogP contribution in [0.25, 0.3) is 0 Å². The molecule has 4 unspecified atom stereocenters. The summed E-state index contributed by atoms with van der Waals surface area (Å²) in [7, 11) is 9.09.